The van der Waals surface area contributed by atoms with E-state index in [4.69, 9.17) is 4.18 Å². The number of nitrogens with zero attached hydrogens (tertiary/aromatic N) is 1. The molecule has 0 spiro atoms. The average molecular weight is 405 g/mol. The molecule has 0 atom stereocenters. The molecule has 146 valence electrons. The number of benzene rings is 2. The van der Waals surface area contributed by atoms with E-state index in [1.54, 1.807) is 24.3 Å². The van der Waals surface area contributed by atoms with Gasteiger partial charge in [0.05, 0.1) is 5.69 Å². The Hall–Kier alpha value is -3.38. The van der Waals surface area contributed by atoms with Gasteiger partial charge in [-0.1, -0.05) is 23.8 Å². The quantitative estimate of drug-likeness (QED) is 0.361. The first-order chi connectivity index (χ1) is 13.8. The minimum absolute atomic E-state index is 0.0820. The van der Waals surface area contributed by atoms with Gasteiger partial charge in [-0.15, -0.1) is 0 Å². The van der Waals surface area contributed by atoms with Gasteiger partial charge in [0.2, 0.25) is 5.78 Å². The lowest BCUT2D eigenvalue weighted by molar-refractivity contribution is 0.103. The van der Waals surface area contributed by atoms with Crippen LogP contribution >= 0.6 is 0 Å². The monoisotopic (exact) mass is 405 g/mol. The van der Waals surface area contributed by atoms with Crippen molar-refractivity contribution in [2.45, 2.75) is 18.7 Å². The maximum atomic E-state index is 13.0. The molecule has 0 N–H and O–H groups in total. The van der Waals surface area contributed by atoms with E-state index in [0.717, 1.165) is 16.6 Å². The predicted molar refractivity (Wildman–Crippen MR) is 111 cm³/mol. The first kappa shape index (κ1) is 19.0. The van der Waals surface area contributed by atoms with Crippen LogP contribution in [-0.2, 0) is 10.1 Å². The number of rotatable bonds is 5. The summed E-state index contributed by atoms with van der Waals surface area (Å²) in [6, 6.07) is 20.2. The number of aryl methyl sites for hydroxylation is 2. The summed E-state index contributed by atoms with van der Waals surface area (Å²) in [5.74, 6) is 0.0144. The van der Waals surface area contributed by atoms with Crippen molar-refractivity contribution >= 4 is 21.4 Å². The van der Waals surface area contributed by atoms with Gasteiger partial charge in [0.1, 0.15) is 10.6 Å². The van der Waals surface area contributed by atoms with E-state index in [1.165, 1.54) is 24.3 Å². The van der Waals surface area contributed by atoms with E-state index in [-0.39, 0.29) is 16.4 Å². The van der Waals surface area contributed by atoms with Crippen LogP contribution in [0, 0.1) is 13.8 Å². The standard InChI is InChI=1S/C23H19NO4S/c1-16-6-12-21(13-7-16)29(26,27)28-20-10-8-18(9-11-20)23(25)22-17(2)15-19-5-3-4-14-24(19)22/h3-15H,1-2H3. The van der Waals surface area contributed by atoms with Crippen molar-refractivity contribution in [2.75, 3.05) is 0 Å². The Morgan fingerprint density at radius 3 is 2.28 bits per heavy atom. The first-order valence-electron chi connectivity index (χ1n) is 9.08. The molecule has 5 nitrogen and oxygen atoms in total. The summed E-state index contributed by atoms with van der Waals surface area (Å²) in [6.07, 6.45) is 1.85. The molecule has 2 aromatic heterocycles. The Labute approximate surface area is 169 Å². The Balaban J connectivity index is 1.60. The minimum Gasteiger partial charge on any atom is -0.379 e. The second-order valence-electron chi connectivity index (χ2n) is 6.88. The van der Waals surface area contributed by atoms with Crippen LogP contribution in [0.1, 0.15) is 27.2 Å². The van der Waals surface area contributed by atoms with Gasteiger partial charge in [0.25, 0.3) is 0 Å². The van der Waals surface area contributed by atoms with Crippen LogP contribution in [0.3, 0.4) is 0 Å². The highest BCUT2D eigenvalue weighted by Gasteiger charge is 2.19. The molecule has 0 aliphatic rings. The third-order valence-corrected chi connectivity index (χ3v) is 5.98. The van der Waals surface area contributed by atoms with Gasteiger partial charge in [-0.25, -0.2) is 0 Å². The molecule has 6 heteroatoms. The number of hydrogen-bond acceptors (Lipinski definition) is 4. The smallest absolute Gasteiger partial charge is 0.339 e. The molecule has 0 saturated heterocycles. The van der Waals surface area contributed by atoms with E-state index in [1.807, 2.05) is 48.7 Å². The van der Waals surface area contributed by atoms with E-state index in [0.29, 0.717) is 11.3 Å². The van der Waals surface area contributed by atoms with Crippen LogP contribution in [0.2, 0.25) is 0 Å². The lowest BCUT2D eigenvalue weighted by Crippen LogP contribution is -2.10. The molecule has 0 aliphatic heterocycles. The van der Waals surface area contributed by atoms with Crippen LogP contribution in [0.25, 0.3) is 5.52 Å². The van der Waals surface area contributed by atoms with E-state index < -0.39 is 10.1 Å². The summed E-state index contributed by atoms with van der Waals surface area (Å²) < 4.78 is 31.9. The molecule has 0 fully saturated rings. The number of carbonyl (C=O) groups is 1. The Bertz CT molecular complexity index is 1300. The molecule has 0 unspecified atom stereocenters. The summed E-state index contributed by atoms with van der Waals surface area (Å²) in [5.41, 5.74) is 3.82. The van der Waals surface area contributed by atoms with Gasteiger partial charge in [0.15, 0.2) is 0 Å². The average Bonchev–Trinajstić information content (AvgIpc) is 3.04. The molecule has 0 saturated carbocycles. The third-order valence-electron chi connectivity index (χ3n) is 4.72. The number of fused-ring (bicyclic) bond motifs is 1. The number of carbonyl (C=O) groups excluding carboxylic acids is 1. The lowest BCUT2D eigenvalue weighted by Gasteiger charge is -2.08. The molecular weight excluding hydrogens is 386 g/mol. The zero-order valence-electron chi connectivity index (χ0n) is 16.0. The zero-order chi connectivity index (χ0) is 20.6. The van der Waals surface area contributed by atoms with E-state index >= 15 is 0 Å². The van der Waals surface area contributed by atoms with Crippen LogP contribution in [0.5, 0.6) is 5.75 Å². The summed E-state index contributed by atoms with van der Waals surface area (Å²) >= 11 is 0. The fourth-order valence-corrected chi connectivity index (χ4v) is 4.15. The van der Waals surface area contributed by atoms with Crippen molar-refractivity contribution in [1.29, 1.82) is 0 Å². The van der Waals surface area contributed by atoms with Crippen LogP contribution in [0.4, 0.5) is 0 Å². The number of ketones is 1. The van der Waals surface area contributed by atoms with Gasteiger partial charge in [-0.05, 0) is 74.0 Å². The molecule has 29 heavy (non-hydrogen) atoms. The molecule has 4 rings (SSSR count). The van der Waals surface area contributed by atoms with Gasteiger partial charge in [0, 0.05) is 17.3 Å². The predicted octanol–water partition coefficient (Wildman–Crippen LogP) is 4.55. The molecule has 4 aromatic rings. The lowest BCUT2D eigenvalue weighted by atomic mass is 10.1. The summed E-state index contributed by atoms with van der Waals surface area (Å²) in [7, 11) is -3.93. The van der Waals surface area contributed by atoms with E-state index in [2.05, 4.69) is 0 Å². The molecule has 0 amide bonds. The van der Waals surface area contributed by atoms with E-state index in [9.17, 15) is 13.2 Å². The van der Waals surface area contributed by atoms with Crippen LogP contribution in [0.15, 0.2) is 83.9 Å². The number of aromatic nitrogens is 1. The second-order valence-corrected chi connectivity index (χ2v) is 8.42. The number of pyridine rings is 1. The van der Waals surface area contributed by atoms with Gasteiger partial charge in [-0.3, -0.25) is 4.79 Å². The first-order valence-corrected chi connectivity index (χ1v) is 10.5. The molecule has 0 radical (unpaired) electrons. The summed E-state index contributed by atoms with van der Waals surface area (Å²) in [5, 5.41) is 0. The largest absolute Gasteiger partial charge is 0.379 e. The van der Waals surface area contributed by atoms with Gasteiger partial charge < -0.3 is 8.58 Å². The summed E-state index contributed by atoms with van der Waals surface area (Å²) in [4.78, 5) is 13.1. The molecule has 0 aliphatic carbocycles. The van der Waals surface area contributed by atoms with Crippen molar-refractivity contribution in [1.82, 2.24) is 4.40 Å². The second kappa shape index (κ2) is 7.22. The maximum Gasteiger partial charge on any atom is 0.339 e. The van der Waals surface area contributed by atoms with Crippen molar-refractivity contribution < 1.29 is 17.4 Å². The van der Waals surface area contributed by atoms with Crippen molar-refractivity contribution in [3.8, 4) is 5.75 Å². The minimum atomic E-state index is -3.93. The topological polar surface area (TPSA) is 64.9 Å². The van der Waals surface area contributed by atoms with Crippen molar-refractivity contribution in [3.05, 3.63) is 101 Å². The van der Waals surface area contributed by atoms with Gasteiger partial charge >= 0.3 is 10.1 Å². The third kappa shape index (κ3) is 3.67. The Morgan fingerprint density at radius 1 is 0.897 bits per heavy atom. The van der Waals surface area contributed by atoms with Crippen molar-refractivity contribution in [2.24, 2.45) is 0 Å². The Morgan fingerprint density at radius 2 is 1.59 bits per heavy atom. The van der Waals surface area contributed by atoms with Crippen molar-refractivity contribution in [3.63, 3.8) is 0 Å². The fraction of sp³-hybridized carbons (Fsp3) is 0.0870. The highest BCUT2D eigenvalue weighted by atomic mass is 32.2. The molecule has 2 heterocycles. The highest BCUT2D eigenvalue weighted by Crippen LogP contribution is 2.23. The summed E-state index contributed by atoms with van der Waals surface area (Å²) in [6.45, 7) is 3.77. The zero-order valence-corrected chi connectivity index (χ0v) is 16.8. The number of hydrogen-bond donors (Lipinski definition) is 0. The molecular formula is C23H19NO4S. The molecule has 2 aromatic carbocycles. The van der Waals surface area contributed by atoms with Crippen LogP contribution < -0.4 is 4.18 Å². The Kier molecular flexibility index (Phi) is 4.72. The van der Waals surface area contributed by atoms with Crippen LogP contribution in [-0.4, -0.2) is 18.6 Å². The normalized spacial score (nSPS) is 11.5. The highest BCUT2D eigenvalue weighted by molar-refractivity contribution is 7.87. The van der Waals surface area contributed by atoms with Gasteiger partial charge in [-0.2, -0.15) is 8.42 Å². The molecule has 0 bridgehead atoms. The SMILES string of the molecule is Cc1ccc(S(=O)(=O)Oc2ccc(C(=O)c3c(C)cc4ccccn34)cc2)cc1. The fourth-order valence-electron chi connectivity index (χ4n) is 3.22. The maximum absolute atomic E-state index is 13.0.